The summed E-state index contributed by atoms with van der Waals surface area (Å²) in [4.78, 5) is 11.3. The summed E-state index contributed by atoms with van der Waals surface area (Å²) in [7, 11) is -4.57. The highest BCUT2D eigenvalue weighted by molar-refractivity contribution is 14.1. The molecule has 2 rings (SSSR count). The highest BCUT2D eigenvalue weighted by Crippen LogP contribution is 2.36. The van der Waals surface area contributed by atoms with Crippen molar-refractivity contribution >= 4 is 83.9 Å². The Balaban J connectivity index is 2.16. The summed E-state index contributed by atoms with van der Waals surface area (Å²) in [6.07, 6.45) is 0. The van der Waals surface area contributed by atoms with Gasteiger partial charge in [-0.05, 0) is 73.8 Å². The first kappa shape index (κ1) is 25.7. The fourth-order valence-electron chi connectivity index (χ4n) is 2.06. The van der Waals surface area contributed by atoms with Gasteiger partial charge in [0.25, 0.3) is 10.1 Å². The van der Waals surface area contributed by atoms with Crippen LogP contribution in [0.25, 0.3) is 0 Å². The molecule has 0 fully saturated rings. The first-order valence-corrected chi connectivity index (χ1v) is 11.9. The van der Waals surface area contributed by atoms with Crippen molar-refractivity contribution < 1.29 is 49.2 Å². The number of hydrogen-bond acceptors (Lipinski definition) is 5. The molecule has 2 aromatic rings. The van der Waals surface area contributed by atoms with Crippen molar-refractivity contribution in [3.63, 3.8) is 0 Å². The molecule has 0 aliphatic rings. The Morgan fingerprint density at radius 2 is 1.40 bits per heavy atom. The monoisotopic (exact) mass is 790 g/mol. The molecule has 0 aliphatic heterocycles. The maximum absolute atomic E-state index is 13.6. The first-order valence-electron chi connectivity index (χ1n) is 7.25. The van der Waals surface area contributed by atoms with Crippen molar-refractivity contribution in [1.29, 1.82) is 0 Å². The number of rotatable bonds is 6. The predicted molar refractivity (Wildman–Crippen MR) is 116 cm³/mol. The van der Waals surface area contributed by atoms with Crippen molar-refractivity contribution in [2.24, 2.45) is 0 Å². The number of carbonyl (C=O) groups is 1. The molecule has 1 N–H and O–H groups in total. The molecule has 0 heterocycles. The zero-order valence-corrected chi connectivity index (χ0v) is 21.2. The molecule has 164 valence electrons. The van der Waals surface area contributed by atoms with Crippen molar-refractivity contribution in [3.05, 3.63) is 51.4 Å². The van der Waals surface area contributed by atoms with Gasteiger partial charge in [-0.1, -0.05) is 0 Å². The van der Waals surface area contributed by atoms with Crippen LogP contribution in [0.2, 0.25) is 0 Å². The lowest BCUT2D eigenvalue weighted by Gasteiger charge is -2.14. The lowest BCUT2D eigenvalue weighted by Crippen LogP contribution is -2.18. The predicted octanol–water partition coefficient (Wildman–Crippen LogP) is 4.68. The zero-order chi connectivity index (χ0) is 23.0. The maximum atomic E-state index is 13.6. The van der Waals surface area contributed by atoms with Crippen LogP contribution in [0.15, 0.2) is 11.0 Å². The van der Waals surface area contributed by atoms with Crippen molar-refractivity contribution in [3.8, 4) is 5.75 Å². The Kier molecular flexibility index (Phi) is 8.52. The molecule has 30 heavy (non-hydrogen) atoms. The van der Waals surface area contributed by atoms with E-state index < -0.39 is 68.8 Å². The van der Waals surface area contributed by atoms with Gasteiger partial charge >= 0.3 is 5.97 Å². The van der Waals surface area contributed by atoms with E-state index in [-0.39, 0.29) is 12.9 Å². The van der Waals surface area contributed by atoms with Gasteiger partial charge in [0.1, 0.15) is 29.4 Å². The van der Waals surface area contributed by atoms with Crippen LogP contribution in [0.4, 0.5) is 22.0 Å². The van der Waals surface area contributed by atoms with E-state index in [1.165, 1.54) is 6.07 Å². The standard InChI is InChI=1S/C15H6F5I3O6S/c16-7-6(8(17)10(19)11(20)9(7)18)15(24)29-2-1-28-13-4(21)3-5(22)14(12(13)23)30(25,26)27/h3H,1-2H2,(H,25,26,27). The van der Waals surface area contributed by atoms with Gasteiger partial charge in [0.2, 0.25) is 5.82 Å². The van der Waals surface area contributed by atoms with E-state index in [1.807, 2.05) is 22.6 Å². The molecule has 15 heteroatoms. The molecule has 2 aromatic carbocycles. The second-order valence-electron chi connectivity index (χ2n) is 5.22. The summed E-state index contributed by atoms with van der Waals surface area (Å²) in [6.45, 7) is -1.13. The van der Waals surface area contributed by atoms with Crippen LogP contribution in [0.3, 0.4) is 0 Å². The fourth-order valence-corrected chi connectivity index (χ4v) is 8.04. The average Bonchev–Trinajstić information content (AvgIpc) is 2.62. The van der Waals surface area contributed by atoms with Crippen molar-refractivity contribution in [2.45, 2.75) is 4.90 Å². The van der Waals surface area contributed by atoms with Gasteiger partial charge in [0, 0.05) is 3.57 Å². The molecule has 0 amide bonds. The number of ether oxygens (including phenoxy) is 2. The van der Waals surface area contributed by atoms with E-state index in [2.05, 4.69) is 4.74 Å². The van der Waals surface area contributed by atoms with Crippen LogP contribution in [0, 0.1) is 39.8 Å². The van der Waals surface area contributed by atoms with Crippen LogP contribution in [0.5, 0.6) is 5.75 Å². The van der Waals surface area contributed by atoms with Gasteiger partial charge < -0.3 is 9.47 Å². The highest BCUT2D eigenvalue weighted by Gasteiger charge is 2.31. The molecule has 0 atom stereocenters. The second kappa shape index (κ2) is 9.94. The van der Waals surface area contributed by atoms with Crippen LogP contribution < -0.4 is 4.74 Å². The lowest BCUT2D eigenvalue weighted by atomic mass is 10.1. The number of carbonyl (C=O) groups excluding carboxylic acids is 1. The third kappa shape index (κ3) is 5.26. The number of hydrogen-bond donors (Lipinski definition) is 1. The quantitative estimate of drug-likeness (QED) is 0.0871. The molecule has 0 saturated heterocycles. The second-order valence-corrected chi connectivity index (χ2v) is 9.98. The zero-order valence-electron chi connectivity index (χ0n) is 13.9. The Morgan fingerprint density at radius 3 is 1.90 bits per heavy atom. The molecule has 0 aromatic heterocycles. The van der Waals surface area contributed by atoms with E-state index in [0.29, 0.717) is 3.57 Å². The van der Waals surface area contributed by atoms with E-state index in [9.17, 15) is 39.7 Å². The fraction of sp³-hybridized carbons (Fsp3) is 0.133. The van der Waals surface area contributed by atoms with Crippen molar-refractivity contribution in [2.75, 3.05) is 13.2 Å². The molecule has 0 spiro atoms. The normalized spacial score (nSPS) is 11.5. The first-order chi connectivity index (χ1) is 13.8. The van der Waals surface area contributed by atoms with Gasteiger partial charge in [0.05, 0.1) is 7.14 Å². The summed E-state index contributed by atoms with van der Waals surface area (Å²) in [6, 6.07) is 1.39. The van der Waals surface area contributed by atoms with Crippen LogP contribution in [-0.4, -0.2) is 32.2 Å². The number of benzene rings is 2. The minimum atomic E-state index is -4.57. The molecule has 0 unspecified atom stereocenters. The topological polar surface area (TPSA) is 89.9 Å². The summed E-state index contributed by atoms with van der Waals surface area (Å²) < 4.78 is 109. The van der Waals surface area contributed by atoms with Crippen molar-refractivity contribution in [1.82, 2.24) is 0 Å². The molecule has 0 radical (unpaired) electrons. The van der Waals surface area contributed by atoms with Gasteiger partial charge in [-0.25, -0.2) is 26.7 Å². The lowest BCUT2D eigenvalue weighted by molar-refractivity contribution is 0.0435. The smallest absolute Gasteiger partial charge is 0.344 e. The van der Waals surface area contributed by atoms with Gasteiger partial charge in [0.15, 0.2) is 23.3 Å². The molecule has 0 saturated carbocycles. The summed E-state index contributed by atoms with van der Waals surface area (Å²) in [5.74, 6) is -13.5. The Labute approximate surface area is 206 Å². The average molecular weight is 790 g/mol. The maximum Gasteiger partial charge on any atom is 0.344 e. The van der Waals surface area contributed by atoms with E-state index in [1.54, 1.807) is 45.2 Å². The van der Waals surface area contributed by atoms with Gasteiger partial charge in [-0.15, -0.1) is 0 Å². The summed E-state index contributed by atoms with van der Waals surface area (Å²) in [5.41, 5.74) is -1.75. The third-order valence-corrected chi connectivity index (χ3v) is 7.67. The van der Waals surface area contributed by atoms with Gasteiger partial charge in [-0.3, -0.25) is 4.55 Å². The van der Waals surface area contributed by atoms with Gasteiger partial charge in [-0.2, -0.15) is 8.42 Å². The van der Waals surface area contributed by atoms with Crippen LogP contribution >= 0.6 is 67.8 Å². The largest absolute Gasteiger partial charge is 0.488 e. The van der Waals surface area contributed by atoms with Crippen LogP contribution in [-0.2, 0) is 14.9 Å². The highest BCUT2D eigenvalue weighted by atomic mass is 127. The summed E-state index contributed by atoms with van der Waals surface area (Å²) >= 11 is 5.12. The molecular weight excluding hydrogens is 784 g/mol. The Morgan fingerprint density at radius 1 is 0.900 bits per heavy atom. The minimum Gasteiger partial charge on any atom is -0.488 e. The Bertz CT molecular complexity index is 1110. The molecule has 0 aliphatic carbocycles. The SMILES string of the molecule is O=C(OCCOc1c(I)cc(I)c(S(=O)(=O)O)c1I)c1c(F)c(F)c(F)c(F)c1F. The number of esters is 1. The van der Waals surface area contributed by atoms with E-state index >= 15 is 0 Å². The third-order valence-electron chi connectivity index (χ3n) is 3.32. The van der Waals surface area contributed by atoms with E-state index in [4.69, 9.17) is 4.74 Å². The number of halogens is 8. The molecule has 0 bridgehead atoms. The Hall–Kier alpha value is -0.540. The minimum absolute atomic E-state index is 0.0107. The van der Waals surface area contributed by atoms with Crippen LogP contribution in [0.1, 0.15) is 10.4 Å². The molecule has 6 nitrogen and oxygen atoms in total. The van der Waals surface area contributed by atoms with E-state index in [0.717, 1.165) is 0 Å². The molecular formula is C15H6F5I3O6S. The summed E-state index contributed by atoms with van der Waals surface area (Å²) in [5, 5.41) is 0.